The van der Waals surface area contributed by atoms with Gasteiger partial charge < -0.3 is 10.4 Å². The molecule has 0 radical (unpaired) electrons. The van der Waals surface area contributed by atoms with Crippen molar-refractivity contribution in [2.75, 3.05) is 11.5 Å². The van der Waals surface area contributed by atoms with Crippen LogP contribution in [-0.2, 0) is 16.1 Å². The molecule has 92 valence electrons. The second-order valence-electron chi connectivity index (χ2n) is 3.29. The zero-order valence-electron chi connectivity index (χ0n) is 8.98. The number of hydrogen-bond acceptors (Lipinski definition) is 3. The van der Waals surface area contributed by atoms with Crippen molar-refractivity contribution in [3.63, 3.8) is 0 Å². The lowest BCUT2D eigenvalue weighted by Gasteiger charge is -2.04. The smallest absolute Gasteiger partial charge is 0.313 e. The average Bonchev–Trinajstić information content (AvgIpc) is 2.26. The fraction of sp³-hybridized carbons (Fsp3) is 0.273. The van der Waals surface area contributed by atoms with E-state index in [1.807, 2.05) is 0 Å². The summed E-state index contributed by atoms with van der Waals surface area (Å²) in [7, 11) is 0. The topological polar surface area (TPSA) is 66.4 Å². The van der Waals surface area contributed by atoms with Crippen molar-refractivity contribution >= 4 is 23.6 Å². The van der Waals surface area contributed by atoms with Crippen molar-refractivity contribution in [1.29, 1.82) is 0 Å². The third kappa shape index (κ3) is 5.91. The molecule has 0 spiro atoms. The number of carbonyl (C=O) groups is 2. The van der Waals surface area contributed by atoms with Gasteiger partial charge in [-0.1, -0.05) is 12.1 Å². The van der Waals surface area contributed by atoms with Gasteiger partial charge in [0, 0.05) is 6.54 Å². The molecule has 6 heteroatoms. The van der Waals surface area contributed by atoms with Crippen LogP contribution in [0, 0.1) is 5.82 Å². The number of aliphatic carboxylic acids is 1. The molecule has 0 saturated heterocycles. The van der Waals surface area contributed by atoms with E-state index < -0.39 is 5.97 Å². The van der Waals surface area contributed by atoms with Gasteiger partial charge in [0.25, 0.3) is 0 Å². The number of benzene rings is 1. The first kappa shape index (κ1) is 13.5. The maximum absolute atomic E-state index is 12.8. The summed E-state index contributed by atoms with van der Waals surface area (Å²) in [6, 6.07) is 5.93. The lowest BCUT2D eigenvalue weighted by atomic mass is 10.2. The summed E-state index contributed by atoms with van der Waals surface area (Å²) in [6.07, 6.45) is 0. The minimum atomic E-state index is -0.951. The molecule has 1 amide bonds. The molecule has 1 rings (SSSR count). The van der Waals surface area contributed by atoms with Crippen molar-refractivity contribution in [3.05, 3.63) is 35.6 Å². The number of hydrogen-bond donors (Lipinski definition) is 2. The van der Waals surface area contributed by atoms with Gasteiger partial charge in [0.05, 0.1) is 11.5 Å². The molecule has 0 unspecified atom stereocenters. The SMILES string of the molecule is O=C(O)CSCC(=O)NCc1cccc(F)c1. The minimum absolute atomic E-state index is 0.0849. The molecule has 0 aliphatic heterocycles. The monoisotopic (exact) mass is 257 g/mol. The summed E-state index contributed by atoms with van der Waals surface area (Å²) >= 11 is 1.02. The van der Waals surface area contributed by atoms with Crippen molar-refractivity contribution < 1.29 is 19.1 Å². The molecule has 0 bridgehead atoms. The molecule has 2 N–H and O–H groups in total. The summed E-state index contributed by atoms with van der Waals surface area (Å²) < 4.78 is 12.8. The highest BCUT2D eigenvalue weighted by atomic mass is 32.2. The highest BCUT2D eigenvalue weighted by Gasteiger charge is 2.04. The third-order valence-electron chi connectivity index (χ3n) is 1.84. The predicted octanol–water partition coefficient (Wildman–Crippen LogP) is 1.26. The Morgan fingerprint density at radius 1 is 1.35 bits per heavy atom. The Labute approximate surface area is 102 Å². The number of halogens is 1. The van der Waals surface area contributed by atoms with E-state index in [1.165, 1.54) is 12.1 Å². The predicted molar refractivity (Wildman–Crippen MR) is 63.2 cm³/mol. The zero-order valence-corrected chi connectivity index (χ0v) is 9.80. The fourth-order valence-electron chi connectivity index (χ4n) is 1.13. The van der Waals surface area contributed by atoms with Crippen LogP contribution in [-0.4, -0.2) is 28.5 Å². The van der Waals surface area contributed by atoms with Crippen LogP contribution in [0.4, 0.5) is 4.39 Å². The quantitative estimate of drug-likeness (QED) is 0.805. The van der Waals surface area contributed by atoms with E-state index in [-0.39, 0.29) is 29.8 Å². The van der Waals surface area contributed by atoms with Crippen LogP contribution in [0.15, 0.2) is 24.3 Å². The van der Waals surface area contributed by atoms with Crippen LogP contribution in [0.3, 0.4) is 0 Å². The van der Waals surface area contributed by atoms with Crippen LogP contribution in [0.25, 0.3) is 0 Å². The number of thioether (sulfide) groups is 1. The largest absolute Gasteiger partial charge is 0.481 e. The van der Waals surface area contributed by atoms with E-state index in [9.17, 15) is 14.0 Å². The van der Waals surface area contributed by atoms with Crippen LogP contribution < -0.4 is 5.32 Å². The van der Waals surface area contributed by atoms with E-state index >= 15 is 0 Å². The Bertz CT molecular complexity index is 411. The number of amides is 1. The molecule has 0 aliphatic carbocycles. The molecule has 0 atom stereocenters. The number of carboxylic acids is 1. The normalized spacial score (nSPS) is 9.94. The van der Waals surface area contributed by atoms with Gasteiger partial charge in [-0.25, -0.2) is 4.39 Å². The molecular weight excluding hydrogens is 245 g/mol. The summed E-state index contributed by atoms with van der Waals surface area (Å²) in [5.41, 5.74) is 0.668. The van der Waals surface area contributed by atoms with Crippen LogP contribution in [0.5, 0.6) is 0 Å². The zero-order chi connectivity index (χ0) is 12.7. The maximum Gasteiger partial charge on any atom is 0.313 e. The number of rotatable bonds is 6. The molecule has 1 aromatic carbocycles. The fourth-order valence-corrected chi connectivity index (χ4v) is 1.69. The van der Waals surface area contributed by atoms with Gasteiger partial charge in [-0.3, -0.25) is 9.59 Å². The number of carboxylic acid groups (broad SMARTS) is 1. The molecule has 17 heavy (non-hydrogen) atoms. The molecular formula is C11H12FNO3S. The van der Waals surface area contributed by atoms with E-state index in [4.69, 9.17) is 5.11 Å². The van der Waals surface area contributed by atoms with E-state index in [0.29, 0.717) is 5.56 Å². The van der Waals surface area contributed by atoms with Gasteiger partial charge in [0.15, 0.2) is 0 Å². The Kier molecular flexibility index (Phi) is 5.48. The molecule has 0 aromatic heterocycles. The maximum atomic E-state index is 12.8. The van der Waals surface area contributed by atoms with Crippen molar-refractivity contribution in [3.8, 4) is 0 Å². The summed E-state index contributed by atoms with van der Waals surface area (Å²) in [6.45, 7) is 0.240. The second-order valence-corrected chi connectivity index (χ2v) is 4.28. The minimum Gasteiger partial charge on any atom is -0.481 e. The third-order valence-corrected chi connectivity index (χ3v) is 2.75. The summed E-state index contributed by atoms with van der Waals surface area (Å²) in [5.74, 6) is -1.58. The van der Waals surface area contributed by atoms with Crippen molar-refractivity contribution in [1.82, 2.24) is 5.32 Å². The van der Waals surface area contributed by atoms with Gasteiger partial charge in [-0.05, 0) is 17.7 Å². The molecule has 1 aromatic rings. The van der Waals surface area contributed by atoms with Gasteiger partial charge in [0.2, 0.25) is 5.91 Å². The van der Waals surface area contributed by atoms with Gasteiger partial charge in [0.1, 0.15) is 5.82 Å². The van der Waals surface area contributed by atoms with Gasteiger partial charge in [-0.2, -0.15) is 0 Å². The lowest BCUT2D eigenvalue weighted by Crippen LogP contribution is -2.25. The van der Waals surface area contributed by atoms with Gasteiger partial charge >= 0.3 is 5.97 Å². The molecule has 0 saturated carbocycles. The van der Waals surface area contributed by atoms with Crippen LogP contribution in [0.1, 0.15) is 5.56 Å². The second kappa shape index (κ2) is 6.90. The van der Waals surface area contributed by atoms with Crippen LogP contribution in [0.2, 0.25) is 0 Å². The number of nitrogens with one attached hydrogen (secondary N) is 1. The standard InChI is InChI=1S/C11H12FNO3S/c12-9-3-1-2-8(4-9)5-13-10(14)6-17-7-11(15)16/h1-4H,5-7H2,(H,13,14)(H,15,16). The summed E-state index contributed by atoms with van der Waals surface area (Å²) in [5, 5.41) is 11.0. The van der Waals surface area contributed by atoms with E-state index in [0.717, 1.165) is 11.8 Å². The highest BCUT2D eigenvalue weighted by molar-refractivity contribution is 8.00. The Balaban J connectivity index is 2.26. The Morgan fingerprint density at radius 3 is 2.76 bits per heavy atom. The van der Waals surface area contributed by atoms with E-state index in [1.54, 1.807) is 12.1 Å². The molecule has 0 heterocycles. The van der Waals surface area contributed by atoms with E-state index in [2.05, 4.69) is 5.32 Å². The molecule has 0 aliphatic rings. The Morgan fingerprint density at radius 2 is 2.12 bits per heavy atom. The highest BCUT2D eigenvalue weighted by Crippen LogP contribution is 2.03. The lowest BCUT2D eigenvalue weighted by molar-refractivity contribution is -0.133. The first-order chi connectivity index (χ1) is 8.08. The van der Waals surface area contributed by atoms with Crippen LogP contribution >= 0.6 is 11.8 Å². The summed E-state index contributed by atoms with van der Waals surface area (Å²) in [4.78, 5) is 21.5. The number of carbonyl (C=O) groups excluding carboxylic acids is 1. The first-order valence-corrected chi connectivity index (χ1v) is 6.04. The first-order valence-electron chi connectivity index (χ1n) is 4.88. The average molecular weight is 257 g/mol. The Hall–Kier alpha value is -1.56. The molecule has 0 fully saturated rings. The van der Waals surface area contributed by atoms with Gasteiger partial charge in [-0.15, -0.1) is 11.8 Å². The van der Waals surface area contributed by atoms with Crippen molar-refractivity contribution in [2.24, 2.45) is 0 Å². The van der Waals surface area contributed by atoms with Crippen molar-refractivity contribution in [2.45, 2.75) is 6.54 Å². The molecule has 4 nitrogen and oxygen atoms in total.